The van der Waals surface area contributed by atoms with Crippen molar-refractivity contribution in [2.75, 3.05) is 36.4 Å². The number of aromatic nitrogens is 2. The van der Waals surface area contributed by atoms with Crippen molar-refractivity contribution in [3.63, 3.8) is 0 Å². The van der Waals surface area contributed by atoms with E-state index in [0.29, 0.717) is 10.7 Å². The number of rotatable bonds is 5. The molecule has 144 valence electrons. The van der Waals surface area contributed by atoms with Gasteiger partial charge in [0.05, 0.1) is 4.88 Å². The standard InChI is InChI=1S/C21H23N5OS/c1-16-11-18(28-14-16)21(27)24-19-12-20(23-15-22-19)26-9-7-25(8-10-26)13-17-5-3-2-4-6-17/h2-6,11-12,14-15H,7-10,13H2,1H3,(H,22,23,24,27). The Morgan fingerprint density at radius 2 is 1.89 bits per heavy atom. The van der Waals surface area contributed by atoms with Crippen LogP contribution in [0.5, 0.6) is 0 Å². The SMILES string of the molecule is Cc1csc(C(=O)Nc2cc(N3CCN(Cc4ccccc4)CC3)ncn2)c1. The van der Waals surface area contributed by atoms with Crippen LogP contribution >= 0.6 is 11.3 Å². The number of nitrogens with one attached hydrogen (secondary N) is 1. The normalized spacial score (nSPS) is 14.8. The molecule has 1 aromatic carbocycles. The Balaban J connectivity index is 1.35. The van der Waals surface area contributed by atoms with E-state index in [0.717, 1.165) is 44.1 Å². The van der Waals surface area contributed by atoms with Crippen LogP contribution in [0, 0.1) is 6.92 Å². The van der Waals surface area contributed by atoms with Crippen molar-refractivity contribution in [3.05, 3.63) is 70.2 Å². The van der Waals surface area contributed by atoms with Gasteiger partial charge >= 0.3 is 0 Å². The molecule has 1 aliphatic heterocycles. The molecular formula is C21H23N5OS. The number of hydrogen-bond acceptors (Lipinski definition) is 6. The van der Waals surface area contributed by atoms with Crippen LogP contribution in [-0.4, -0.2) is 47.0 Å². The molecule has 1 saturated heterocycles. The molecule has 0 atom stereocenters. The van der Waals surface area contributed by atoms with E-state index in [4.69, 9.17) is 0 Å². The summed E-state index contributed by atoms with van der Waals surface area (Å²) < 4.78 is 0. The van der Waals surface area contributed by atoms with Gasteiger partial charge < -0.3 is 10.2 Å². The number of carbonyl (C=O) groups excluding carboxylic acids is 1. The lowest BCUT2D eigenvalue weighted by molar-refractivity contribution is 0.103. The van der Waals surface area contributed by atoms with Crippen LogP contribution in [0.3, 0.4) is 0 Å². The number of piperazine rings is 1. The predicted molar refractivity (Wildman–Crippen MR) is 113 cm³/mol. The Bertz CT molecular complexity index is 935. The second-order valence-corrected chi connectivity index (χ2v) is 7.86. The Morgan fingerprint density at radius 1 is 1.11 bits per heavy atom. The Hall–Kier alpha value is -2.77. The van der Waals surface area contributed by atoms with Gasteiger partial charge in [-0.1, -0.05) is 30.3 Å². The first kappa shape index (κ1) is 18.6. The number of amides is 1. The maximum absolute atomic E-state index is 12.4. The third-order valence-electron chi connectivity index (χ3n) is 4.79. The van der Waals surface area contributed by atoms with E-state index in [-0.39, 0.29) is 5.91 Å². The first-order chi connectivity index (χ1) is 13.7. The van der Waals surface area contributed by atoms with Gasteiger partial charge in [0.2, 0.25) is 0 Å². The second-order valence-electron chi connectivity index (χ2n) is 6.95. The predicted octanol–water partition coefficient (Wildman–Crippen LogP) is 3.42. The van der Waals surface area contributed by atoms with Gasteiger partial charge in [-0.25, -0.2) is 9.97 Å². The van der Waals surface area contributed by atoms with Crippen molar-refractivity contribution in [2.45, 2.75) is 13.5 Å². The van der Waals surface area contributed by atoms with Gasteiger partial charge in [0.15, 0.2) is 0 Å². The van der Waals surface area contributed by atoms with Gasteiger partial charge in [0.25, 0.3) is 5.91 Å². The van der Waals surface area contributed by atoms with Crippen LogP contribution in [0.2, 0.25) is 0 Å². The first-order valence-electron chi connectivity index (χ1n) is 9.37. The van der Waals surface area contributed by atoms with Crippen LogP contribution in [0.1, 0.15) is 20.8 Å². The Labute approximate surface area is 168 Å². The summed E-state index contributed by atoms with van der Waals surface area (Å²) in [5.41, 5.74) is 2.43. The lowest BCUT2D eigenvalue weighted by Gasteiger charge is -2.35. The fourth-order valence-electron chi connectivity index (χ4n) is 3.29. The molecule has 2 aromatic heterocycles. The number of nitrogens with zero attached hydrogens (tertiary/aromatic N) is 4. The van der Waals surface area contributed by atoms with Gasteiger partial charge in [-0.05, 0) is 29.5 Å². The molecule has 3 heterocycles. The van der Waals surface area contributed by atoms with Crippen LogP contribution in [0.15, 0.2) is 54.2 Å². The summed E-state index contributed by atoms with van der Waals surface area (Å²) in [6.45, 7) is 6.72. The van der Waals surface area contributed by atoms with Crippen LogP contribution in [0.25, 0.3) is 0 Å². The zero-order chi connectivity index (χ0) is 19.3. The van der Waals surface area contributed by atoms with Crippen LogP contribution in [0.4, 0.5) is 11.6 Å². The van der Waals surface area contributed by atoms with E-state index in [1.807, 2.05) is 30.5 Å². The summed E-state index contributed by atoms with van der Waals surface area (Å²) >= 11 is 1.44. The average Bonchev–Trinajstić information content (AvgIpc) is 3.16. The van der Waals surface area contributed by atoms with Crippen molar-refractivity contribution in [1.29, 1.82) is 0 Å². The summed E-state index contributed by atoms with van der Waals surface area (Å²) in [6.07, 6.45) is 1.51. The molecule has 0 saturated carbocycles. The first-order valence-corrected chi connectivity index (χ1v) is 10.2. The smallest absolute Gasteiger partial charge is 0.266 e. The minimum absolute atomic E-state index is 0.129. The quantitative estimate of drug-likeness (QED) is 0.720. The molecular weight excluding hydrogens is 370 g/mol. The molecule has 1 aliphatic rings. The summed E-state index contributed by atoms with van der Waals surface area (Å²) in [4.78, 5) is 26.3. The van der Waals surface area contributed by atoms with Gasteiger partial charge in [-0.15, -0.1) is 11.3 Å². The van der Waals surface area contributed by atoms with Gasteiger partial charge in [-0.2, -0.15) is 0 Å². The van der Waals surface area contributed by atoms with Crippen molar-refractivity contribution in [2.24, 2.45) is 0 Å². The molecule has 0 radical (unpaired) electrons. The molecule has 3 aromatic rings. The van der Waals surface area contributed by atoms with E-state index in [9.17, 15) is 4.79 Å². The third kappa shape index (κ3) is 4.55. The monoisotopic (exact) mass is 393 g/mol. The highest BCUT2D eigenvalue weighted by Gasteiger charge is 2.19. The fourth-order valence-corrected chi connectivity index (χ4v) is 4.09. The maximum Gasteiger partial charge on any atom is 0.266 e. The summed E-state index contributed by atoms with van der Waals surface area (Å²) in [5.74, 6) is 1.26. The molecule has 28 heavy (non-hydrogen) atoms. The van der Waals surface area contributed by atoms with Crippen molar-refractivity contribution in [1.82, 2.24) is 14.9 Å². The highest BCUT2D eigenvalue weighted by molar-refractivity contribution is 7.12. The number of anilines is 2. The molecule has 6 nitrogen and oxygen atoms in total. The molecule has 1 amide bonds. The number of benzene rings is 1. The van der Waals surface area contributed by atoms with E-state index in [2.05, 4.69) is 49.4 Å². The summed E-state index contributed by atoms with van der Waals surface area (Å²) in [5, 5.41) is 4.84. The molecule has 0 unspecified atom stereocenters. The fraction of sp³-hybridized carbons (Fsp3) is 0.286. The lowest BCUT2D eigenvalue weighted by atomic mass is 10.2. The highest BCUT2D eigenvalue weighted by atomic mass is 32.1. The molecule has 0 spiro atoms. The average molecular weight is 394 g/mol. The molecule has 0 aliphatic carbocycles. The number of thiophene rings is 1. The maximum atomic E-state index is 12.4. The Kier molecular flexibility index (Phi) is 5.64. The number of aryl methyl sites for hydroxylation is 1. The van der Waals surface area contributed by atoms with Crippen LogP contribution in [-0.2, 0) is 6.54 Å². The van der Waals surface area contributed by atoms with E-state index >= 15 is 0 Å². The molecule has 4 rings (SSSR count). The van der Waals surface area contributed by atoms with Crippen LogP contribution < -0.4 is 10.2 Å². The van der Waals surface area contributed by atoms with Gasteiger partial charge in [-0.3, -0.25) is 9.69 Å². The zero-order valence-corrected chi connectivity index (χ0v) is 16.7. The van der Waals surface area contributed by atoms with Crippen molar-refractivity contribution in [3.8, 4) is 0 Å². The minimum atomic E-state index is -0.129. The molecule has 0 bridgehead atoms. The summed E-state index contributed by atoms with van der Waals surface area (Å²) in [6, 6.07) is 14.3. The molecule has 7 heteroatoms. The third-order valence-corrected chi connectivity index (χ3v) is 5.84. The zero-order valence-electron chi connectivity index (χ0n) is 15.8. The number of hydrogen-bond donors (Lipinski definition) is 1. The van der Waals surface area contributed by atoms with E-state index in [1.54, 1.807) is 0 Å². The van der Waals surface area contributed by atoms with Gasteiger partial charge in [0, 0.05) is 38.8 Å². The van der Waals surface area contributed by atoms with Gasteiger partial charge in [0.1, 0.15) is 18.0 Å². The number of carbonyl (C=O) groups is 1. The molecule has 1 N–H and O–H groups in total. The second kappa shape index (κ2) is 8.50. The molecule has 1 fully saturated rings. The Morgan fingerprint density at radius 3 is 2.61 bits per heavy atom. The van der Waals surface area contributed by atoms with Crippen molar-refractivity contribution >= 4 is 28.9 Å². The lowest BCUT2D eigenvalue weighted by Crippen LogP contribution is -2.46. The topological polar surface area (TPSA) is 61.4 Å². The highest BCUT2D eigenvalue weighted by Crippen LogP contribution is 2.19. The van der Waals surface area contributed by atoms with E-state index in [1.165, 1.54) is 23.2 Å². The van der Waals surface area contributed by atoms with Crippen molar-refractivity contribution < 1.29 is 4.79 Å². The minimum Gasteiger partial charge on any atom is -0.354 e. The largest absolute Gasteiger partial charge is 0.354 e. The summed E-state index contributed by atoms with van der Waals surface area (Å²) in [7, 11) is 0. The van der Waals surface area contributed by atoms with E-state index < -0.39 is 0 Å².